The fraction of sp³-hybridized carbons (Fsp3) is 0.909. The number of amides is 1. The zero-order valence-electron chi connectivity index (χ0n) is 9.58. The lowest BCUT2D eigenvalue weighted by atomic mass is 10.0. The molecule has 0 atom stereocenters. The molecule has 4 heteroatoms. The van der Waals surface area contributed by atoms with Crippen LogP contribution in [-0.4, -0.2) is 41.1 Å². The Morgan fingerprint density at radius 1 is 1.40 bits per heavy atom. The van der Waals surface area contributed by atoms with Gasteiger partial charge in [0.05, 0.1) is 4.87 Å². The summed E-state index contributed by atoms with van der Waals surface area (Å²) in [4.78, 5) is 14.1. The molecule has 0 aliphatic carbocycles. The Labute approximate surface area is 96.0 Å². The van der Waals surface area contributed by atoms with Crippen molar-refractivity contribution in [2.75, 3.05) is 25.4 Å². The van der Waals surface area contributed by atoms with E-state index in [1.807, 2.05) is 30.5 Å². The second-order valence-corrected chi connectivity index (χ2v) is 6.23. The van der Waals surface area contributed by atoms with E-state index in [0.717, 1.165) is 32.5 Å². The van der Waals surface area contributed by atoms with Crippen molar-refractivity contribution < 1.29 is 4.79 Å². The van der Waals surface area contributed by atoms with Gasteiger partial charge in [0.2, 0.25) is 5.91 Å². The standard InChI is InChI=1S/C11H20N2OS/c1-9(2)10(14)13-6-3-11(4-7-13)12-5-8-15-11/h9,12H,3-8H2,1-2H3. The SMILES string of the molecule is CC(C)C(=O)N1CCC2(CC1)NCCS2. The molecule has 1 amide bonds. The maximum atomic E-state index is 11.8. The zero-order valence-corrected chi connectivity index (χ0v) is 10.4. The predicted molar refractivity (Wildman–Crippen MR) is 63.8 cm³/mol. The predicted octanol–water partition coefficient (Wildman–Crippen LogP) is 1.30. The van der Waals surface area contributed by atoms with Crippen molar-refractivity contribution in [3.63, 3.8) is 0 Å². The van der Waals surface area contributed by atoms with Gasteiger partial charge in [-0.25, -0.2) is 0 Å². The lowest BCUT2D eigenvalue weighted by Gasteiger charge is -2.39. The van der Waals surface area contributed by atoms with Crippen LogP contribution in [0, 0.1) is 5.92 Å². The molecular formula is C11H20N2OS. The van der Waals surface area contributed by atoms with Gasteiger partial charge in [-0.05, 0) is 12.8 Å². The van der Waals surface area contributed by atoms with Crippen LogP contribution < -0.4 is 5.32 Å². The van der Waals surface area contributed by atoms with Gasteiger partial charge in [0.1, 0.15) is 0 Å². The molecule has 3 nitrogen and oxygen atoms in total. The van der Waals surface area contributed by atoms with Crippen molar-refractivity contribution in [1.82, 2.24) is 10.2 Å². The second-order valence-electron chi connectivity index (χ2n) is 4.75. The number of rotatable bonds is 1. The largest absolute Gasteiger partial charge is 0.342 e. The van der Waals surface area contributed by atoms with Crippen LogP contribution in [0.4, 0.5) is 0 Å². The van der Waals surface area contributed by atoms with E-state index >= 15 is 0 Å². The van der Waals surface area contributed by atoms with E-state index in [0.29, 0.717) is 10.8 Å². The van der Waals surface area contributed by atoms with Crippen molar-refractivity contribution in [2.24, 2.45) is 5.92 Å². The summed E-state index contributed by atoms with van der Waals surface area (Å²) >= 11 is 2.04. The van der Waals surface area contributed by atoms with Crippen molar-refractivity contribution in [3.8, 4) is 0 Å². The second kappa shape index (κ2) is 4.34. The number of nitrogens with one attached hydrogen (secondary N) is 1. The van der Waals surface area contributed by atoms with Gasteiger partial charge in [-0.3, -0.25) is 4.79 Å². The van der Waals surface area contributed by atoms with Gasteiger partial charge < -0.3 is 10.2 Å². The highest BCUT2D eigenvalue weighted by molar-refractivity contribution is 8.00. The Bertz CT molecular complexity index is 239. The molecule has 1 N–H and O–H groups in total. The molecule has 0 saturated carbocycles. The zero-order chi connectivity index (χ0) is 10.9. The van der Waals surface area contributed by atoms with Gasteiger partial charge in [0, 0.05) is 31.3 Å². The third-order valence-electron chi connectivity index (χ3n) is 3.30. The third kappa shape index (κ3) is 2.31. The summed E-state index contributed by atoms with van der Waals surface area (Å²) in [5.41, 5.74) is 0. The van der Waals surface area contributed by atoms with Gasteiger partial charge in [-0.2, -0.15) is 0 Å². The number of thioether (sulfide) groups is 1. The minimum Gasteiger partial charge on any atom is -0.342 e. The van der Waals surface area contributed by atoms with Crippen LogP contribution in [0.15, 0.2) is 0 Å². The molecule has 2 rings (SSSR count). The summed E-state index contributed by atoms with van der Waals surface area (Å²) in [6.07, 6.45) is 2.21. The molecule has 15 heavy (non-hydrogen) atoms. The molecule has 0 aromatic rings. The van der Waals surface area contributed by atoms with Crippen molar-refractivity contribution >= 4 is 17.7 Å². The number of hydrogen-bond acceptors (Lipinski definition) is 3. The van der Waals surface area contributed by atoms with Gasteiger partial charge in [0.25, 0.3) is 0 Å². The molecule has 0 bridgehead atoms. The molecule has 2 heterocycles. The van der Waals surface area contributed by atoms with E-state index in [1.54, 1.807) is 0 Å². The molecule has 2 aliphatic rings. The molecule has 0 aromatic carbocycles. The van der Waals surface area contributed by atoms with E-state index in [-0.39, 0.29) is 5.92 Å². The molecule has 0 radical (unpaired) electrons. The maximum Gasteiger partial charge on any atom is 0.225 e. The topological polar surface area (TPSA) is 32.3 Å². The highest BCUT2D eigenvalue weighted by atomic mass is 32.2. The number of hydrogen-bond donors (Lipinski definition) is 1. The molecular weight excluding hydrogens is 208 g/mol. The van der Waals surface area contributed by atoms with Crippen molar-refractivity contribution in [2.45, 2.75) is 31.6 Å². The van der Waals surface area contributed by atoms with Gasteiger partial charge in [-0.15, -0.1) is 11.8 Å². The quantitative estimate of drug-likeness (QED) is 0.734. The highest BCUT2D eigenvalue weighted by Crippen LogP contribution is 2.36. The summed E-state index contributed by atoms with van der Waals surface area (Å²) in [6.45, 7) is 6.95. The third-order valence-corrected chi connectivity index (χ3v) is 4.82. The van der Waals surface area contributed by atoms with Crippen LogP contribution in [0.5, 0.6) is 0 Å². The monoisotopic (exact) mass is 228 g/mol. The first-order chi connectivity index (χ1) is 7.13. The number of piperidine rings is 1. The Hall–Kier alpha value is -0.220. The molecule has 2 saturated heterocycles. The van der Waals surface area contributed by atoms with Gasteiger partial charge in [-0.1, -0.05) is 13.8 Å². The van der Waals surface area contributed by atoms with Gasteiger partial charge >= 0.3 is 0 Å². The van der Waals surface area contributed by atoms with Crippen LogP contribution in [0.3, 0.4) is 0 Å². The fourth-order valence-electron chi connectivity index (χ4n) is 2.35. The highest BCUT2D eigenvalue weighted by Gasteiger charge is 2.38. The first-order valence-corrected chi connectivity index (χ1v) is 6.79. The van der Waals surface area contributed by atoms with E-state index in [2.05, 4.69) is 5.32 Å². The molecule has 1 spiro atoms. The molecule has 2 aliphatic heterocycles. The van der Waals surface area contributed by atoms with Crippen molar-refractivity contribution in [3.05, 3.63) is 0 Å². The summed E-state index contributed by atoms with van der Waals surface area (Å²) in [5, 5.41) is 3.59. The molecule has 86 valence electrons. The smallest absolute Gasteiger partial charge is 0.225 e. The average molecular weight is 228 g/mol. The molecule has 0 aromatic heterocycles. The lowest BCUT2D eigenvalue weighted by molar-refractivity contribution is -0.135. The Morgan fingerprint density at radius 3 is 2.53 bits per heavy atom. The van der Waals surface area contributed by atoms with Crippen LogP contribution >= 0.6 is 11.8 Å². The average Bonchev–Trinajstić information content (AvgIpc) is 2.67. The van der Waals surface area contributed by atoms with E-state index in [1.165, 1.54) is 5.75 Å². The summed E-state index contributed by atoms with van der Waals surface area (Å²) < 4.78 is 0. The van der Waals surface area contributed by atoms with Crippen LogP contribution in [0.25, 0.3) is 0 Å². The minimum absolute atomic E-state index is 0.142. The number of nitrogens with zero attached hydrogens (tertiary/aromatic N) is 1. The Kier molecular flexibility index (Phi) is 3.26. The van der Waals surface area contributed by atoms with E-state index in [9.17, 15) is 4.79 Å². The van der Waals surface area contributed by atoms with Crippen LogP contribution in [0.1, 0.15) is 26.7 Å². The summed E-state index contributed by atoms with van der Waals surface area (Å²) in [5.74, 6) is 1.68. The molecule has 0 unspecified atom stereocenters. The summed E-state index contributed by atoms with van der Waals surface area (Å²) in [6, 6.07) is 0. The number of carbonyl (C=O) groups excluding carboxylic acids is 1. The van der Waals surface area contributed by atoms with Crippen LogP contribution in [0.2, 0.25) is 0 Å². The lowest BCUT2D eigenvalue weighted by Crippen LogP contribution is -2.50. The number of likely N-dealkylation sites (tertiary alicyclic amines) is 1. The minimum atomic E-state index is 0.142. The van der Waals surface area contributed by atoms with E-state index in [4.69, 9.17) is 0 Å². The maximum absolute atomic E-state index is 11.8. The normalized spacial score (nSPS) is 25.1. The first-order valence-electron chi connectivity index (χ1n) is 5.81. The number of carbonyl (C=O) groups is 1. The Morgan fingerprint density at radius 2 is 2.07 bits per heavy atom. The van der Waals surface area contributed by atoms with Crippen molar-refractivity contribution in [1.29, 1.82) is 0 Å². The molecule has 2 fully saturated rings. The summed E-state index contributed by atoms with van der Waals surface area (Å²) in [7, 11) is 0. The Balaban J connectivity index is 1.89. The first kappa shape index (κ1) is 11.3. The van der Waals surface area contributed by atoms with Crippen LogP contribution in [-0.2, 0) is 4.79 Å². The fourth-order valence-corrected chi connectivity index (χ4v) is 3.62. The van der Waals surface area contributed by atoms with E-state index < -0.39 is 0 Å². The van der Waals surface area contributed by atoms with Gasteiger partial charge in [0.15, 0.2) is 0 Å².